The lowest BCUT2D eigenvalue weighted by Gasteiger charge is -2.16. The Labute approximate surface area is 117 Å². The normalized spacial score (nSPS) is 13.7. The third-order valence-electron chi connectivity index (χ3n) is 3.11. The predicted octanol–water partition coefficient (Wildman–Crippen LogP) is 2.33. The van der Waals surface area contributed by atoms with Crippen molar-refractivity contribution in [1.29, 1.82) is 0 Å². The number of carbonyl (C=O) groups is 1. The van der Waals surface area contributed by atoms with Crippen LogP contribution in [0.5, 0.6) is 0 Å². The number of sulfonamides is 1. The van der Waals surface area contributed by atoms with Gasteiger partial charge in [0.15, 0.2) is 0 Å². The fourth-order valence-corrected chi connectivity index (χ4v) is 3.96. The van der Waals surface area contributed by atoms with Crippen molar-refractivity contribution in [2.75, 3.05) is 6.54 Å². The highest BCUT2D eigenvalue weighted by atomic mass is 32.2. The third kappa shape index (κ3) is 4.02. The fraction of sp³-hybridized carbons (Fsp3) is 0.583. The Hall–Kier alpha value is -0.920. The summed E-state index contributed by atoms with van der Waals surface area (Å²) in [4.78, 5) is 11.4. The Balaban J connectivity index is 2.92. The highest BCUT2D eigenvalue weighted by Crippen LogP contribution is 2.25. The first-order valence-corrected chi connectivity index (χ1v) is 8.28. The molecule has 0 aliphatic heterocycles. The van der Waals surface area contributed by atoms with Crippen molar-refractivity contribution in [3.8, 4) is 0 Å². The Morgan fingerprint density at radius 2 is 2.00 bits per heavy atom. The SMILES string of the molecule is Cc1sc(C(=O)O)cc1S(=O)(=O)NCC(C)C(C)C. The summed E-state index contributed by atoms with van der Waals surface area (Å²) in [5.74, 6) is -0.515. The van der Waals surface area contributed by atoms with Crippen molar-refractivity contribution in [2.24, 2.45) is 11.8 Å². The van der Waals surface area contributed by atoms with Gasteiger partial charge in [-0.1, -0.05) is 20.8 Å². The van der Waals surface area contributed by atoms with Crippen LogP contribution in [-0.2, 0) is 10.0 Å². The summed E-state index contributed by atoms with van der Waals surface area (Å²) in [7, 11) is -3.64. The van der Waals surface area contributed by atoms with Gasteiger partial charge in [-0.25, -0.2) is 17.9 Å². The van der Waals surface area contributed by atoms with Crippen LogP contribution < -0.4 is 4.72 Å². The van der Waals surface area contributed by atoms with E-state index in [2.05, 4.69) is 4.72 Å². The average Bonchev–Trinajstić information content (AvgIpc) is 2.69. The van der Waals surface area contributed by atoms with E-state index in [1.165, 1.54) is 6.07 Å². The van der Waals surface area contributed by atoms with E-state index in [0.29, 0.717) is 17.3 Å². The van der Waals surface area contributed by atoms with E-state index in [1.54, 1.807) is 6.92 Å². The van der Waals surface area contributed by atoms with Crippen LogP contribution in [0.2, 0.25) is 0 Å². The molecule has 0 fully saturated rings. The predicted molar refractivity (Wildman–Crippen MR) is 75.2 cm³/mol. The van der Waals surface area contributed by atoms with E-state index in [9.17, 15) is 13.2 Å². The van der Waals surface area contributed by atoms with Crippen LogP contribution in [0, 0.1) is 18.8 Å². The monoisotopic (exact) mass is 305 g/mol. The molecule has 0 radical (unpaired) electrons. The van der Waals surface area contributed by atoms with Gasteiger partial charge in [-0.15, -0.1) is 11.3 Å². The van der Waals surface area contributed by atoms with Crippen molar-refractivity contribution in [3.05, 3.63) is 15.8 Å². The number of aryl methyl sites for hydroxylation is 1. The Bertz CT molecular complexity index is 560. The smallest absolute Gasteiger partial charge is 0.345 e. The molecule has 7 heteroatoms. The summed E-state index contributed by atoms with van der Waals surface area (Å²) in [5, 5.41) is 8.87. The largest absolute Gasteiger partial charge is 0.477 e. The molecule has 1 atom stereocenters. The molecule has 108 valence electrons. The van der Waals surface area contributed by atoms with Gasteiger partial charge in [-0.05, 0) is 24.8 Å². The molecule has 0 bridgehead atoms. The molecule has 0 saturated carbocycles. The maximum absolute atomic E-state index is 12.1. The van der Waals surface area contributed by atoms with Crippen LogP contribution in [-0.4, -0.2) is 26.0 Å². The molecule has 0 aliphatic carbocycles. The Morgan fingerprint density at radius 1 is 1.42 bits per heavy atom. The fourth-order valence-electron chi connectivity index (χ4n) is 1.39. The summed E-state index contributed by atoms with van der Waals surface area (Å²) in [6, 6.07) is 1.21. The second-order valence-electron chi connectivity index (χ2n) is 4.91. The number of carboxylic acids is 1. The molecule has 19 heavy (non-hydrogen) atoms. The molecular weight excluding hydrogens is 286 g/mol. The zero-order valence-electron chi connectivity index (χ0n) is 11.4. The Morgan fingerprint density at radius 3 is 2.42 bits per heavy atom. The molecule has 1 aromatic heterocycles. The summed E-state index contributed by atoms with van der Waals surface area (Å²) >= 11 is 0.971. The number of hydrogen-bond acceptors (Lipinski definition) is 4. The number of nitrogens with one attached hydrogen (secondary N) is 1. The lowest BCUT2D eigenvalue weighted by atomic mass is 9.99. The topological polar surface area (TPSA) is 83.5 Å². The highest BCUT2D eigenvalue weighted by Gasteiger charge is 2.22. The average molecular weight is 305 g/mol. The van der Waals surface area contributed by atoms with Crippen molar-refractivity contribution < 1.29 is 18.3 Å². The zero-order valence-corrected chi connectivity index (χ0v) is 13.1. The van der Waals surface area contributed by atoms with Gasteiger partial charge < -0.3 is 5.11 Å². The number of thiophene rings is 1. The lowest BCUT2D eigenvalue weighted by Crippen LogP contribution is -2.30. The highest BCUT2D eigenvalue weighted by molar-refractivity contribution is 7.89. The summed E-state index contributed by atoms with van der Waals surface area (Å²) < 4.78 is 26.8. The number of hydrogen-bond donors (Lipinski definition) is 2. The molecule has 1 heterocycles. The summed E-state index contributed by atoms with van der Waals surface area (Å²) in [6.07, 6.45) is 0. The lowest BCUT2D eigenvalue weighted by molar-refractivity contribution is 0.0702. The first-order valence-electron chi connectivity index (χ1n) is 5.98. The molecule has 0 saturated heterocycles. The molecule has 1 aromatic rings. The molecule has 0 aromatic carbocycles. The van der Waals surface area contributed by atoms with Crippen molar-refractivity contribution in [1.82, 2.24) is 4.72 Å². The second kappa shape index (κ2) is 6.02. The van der Waals surface area contributed by atoms with E-state index in [-0.39, 0.29) is 15.7 Å². The van der Waals surface area contributed by atoms with Gasteiger partial charge in [-0.2, -0.15) is 0 Å². The minimum Gasteiger partial charge on any atom is -0.477 e. The van der Waals surface area contributed by atoms with Gasteiger partial charge in [0.25, 0.3) is 0 Å². The van der Waals surface area contributed by atoms with Crippen LogP contribution >= 0.6 is 11.3 Å². The van der Waals surface area contributed by atoms with E-state index in [0.717, 1.165) is 11.3 Å². The Kier molecular flexibility index (Phi) is 5.11. The molecule has 2 N–H and O–H groups in total. The molecule has 0 spiro atoms. The van der Waals surface area contributed by atoms with Gasteiger partial charge in [0, 0.05) is 11.4 Å². The van der Waals surface area contributed by atoms with Gasteiger partial charge in [-0.3, -0.25) is 0 Å². The van der Waals surface area contributed by atoms with Crippen LogP contribution in [0.25, 0.3) is 0 Å². The van der Waals surface area contributed by atoms with E-state index in [4.69, 9.17) is 5.11 Å². The van der Waals surface area contributed by atoms with Gasteiger partial charge in [0.1, 0.15) is 4.88 Å². The zero-order chi connectivity index (χ0) is 14.8. The number of rotatable bonds is 6. The van der Waals surface area contributed by atoms with E-state index in [1.807, 2.05) is 20.8 Å². The number of carboxylic acid groups (broad SMARTS) is 1. The molecule has 0 amide bonds. The minimum absolute atomic E-state index is 0.0368. The first kappa shape index (κ1) is 16.1. The van der Waals surface area contributed by atoms with Crippen molar-refractivity contribution >= 4 is 27.3 Å². The maximum Gasteiger partial charge on any atom is 0.345 e. The molecule has 1 unspecified atom stereocenters. The van der Waals surface area contributed by atoms with Crippen LogP contribution in [0.15, 0.2) is 11.0 Å². The van der Waals surface area contributed by atoms with Crippen molar-refractivity contribution in [2.45, 2.75) is 32.6 Å². The molecular formula is C12H19NO4S2. The first-order chi connectivity index (χ1) is 8.65. The summed E-state index contributed by atoms with van der Waals surface area (Å²) in [6.45, 7) is 7.97. The standard InChI is InChI=1S/C12H19NO4S2/c1-7(2)8(3)6-13-19(16,17)11-5-10(12(14)15)18-9(11)4/h5,7-8,13H,6H2,1-4H3,(H,14,15). The van der Waals surface area contributed by atoms with E-state index >= 15 is 0 Å². The van der Waals surface area contributed by atoms with Gasteiger partial charge >= 0.3 is 5.97 Å². The maximum atomic E-state index is 12.1. The molecule has 5 nitrogen and oxygen atoms in total. The van der Waals surface area contributed by atoms with Crippen LogP contribution in [0.4, 0.5) is 0 Å². The quantitative estimate of drug-likeness (QED) is 0.845. The van der Waals surface area contributed by atoms with Gasteiger partial charge in [0.05, 0.1) is 4.90 Å². The third-order valence-corrected chi connectivity index (χ3v) is 5.82. The van der Waals surface area contributed by atoms with Crippen LogP contribution in [0.1, 0.15) is 35.3 Å². The summed E-state index contributed by atoms with van der Waals surface area (Å²) in [5.41, 5.74) is 0. The minimum atomic E-state index is -3.64. The van der Waals surface area contributed by atoms with E-state index < -0.39 is 16.0 Å². The molecule has 1 rings (SSSR count). The second-order valence-corrected chi connectivity index (χ2v) is 7.90. The van der Waals surface area contributed by atoms with Gasteiger partial charge in [0.2, 0.25) is 10.0 Å². The molecule has 0 aliphatic rings. The van der Waals surface area contributed by atoms with Crippen LogP contribution in [0.3, 0.4) is 0 Å². The van der Waals surface area contributed by atoms with Crippen molar-refractivity contribution in [3.63, 3.8) is 0 Å². The number of aromatic carboxylic acids is 1.